The van der Waals surface area contributed by atoms with Crippen LogP contribution < -0.4 is 0 Å². The minimum atomic E-state index is -3.72. The maximum Gasteiger partial charge on any atom is 0.206 e. The lowest BCUT2D eigenvalue weighted by Gasteiger charge is -2.23. The predicted octanol–water partition coefficient (Wildman–Crippen LogP) is 5.28. The molecule has 0 fully saturated rings. The first kappa shape index (κ1) is 23.7. The largest absolute Gasteiger partial charge is 0.385 e. The molecule has 3 rings (SSSR count). The van der Waals surface area contributed by atoms with Crippen LogP contribution in [-0.4, -0.2) is 36.7 Å². The van der Waals surface area contributed by atoms with Crippen LogP contribution >= 0.6 is 11.6 Å². The maximum absolute atomic E-state index is 13.1. The molecule has 8 heteroatoms. The average molecular weight is 464 g/mol. The van der Waals surface area contributed by atoms with Gasteiger partial charge in [-0.2, -0.15) is 0 Å². The fourth-order valence-corrected chi connectivity index (χ4v) is 5.22. The van der Waals surface area contributed by atoms with E-state index in [1.807, 2.05) is 6.07 Å². The van der Waals surface area contributed by atoms with Crippen LogP contribution in [0.2, 0.25) is 5.15 Å². The summed E-state index contributed by atoms with van der Waals surface area (Å²) in [7, 11) is -2.00. The van der Waals surface area contributed by atoms with Gasteiger partial charge in [0.05, 0.1) is 20.8 Å². The van der Waals surface area contributed by atoms with Gasteiger partial charge in [-0.15, -0.1) is 0 Å². The third-order valence-corrected chi connectivity index (χ3v) is 7.41. The fourth-order valence-electron chi connectivity index (χ4n) is 3.69. The molecule has 31 heavy (non-hydrogen) atoms. The Morgan fingerprint density at radius 2 is 1.87 bits per heavy atom. The molecule has 3 aromatic rings. The molecule has 1 aromatic carbocycles. The molecular formula is C23H30ClN3O3S. The zero-order valence-corrected chi connectivity index (χ0v) is 20.3. The van der Waals surface area contributed by atoms with Crippen LogP contribution in [0.3, 0.4) is 0 Å². The van der Waals surface area contributed by atoms with E-state index < -0.39 is 9.84 Å². The predicted molar refractivity (Wildman–Crippen MR) is 123 cm³/mol. The molecule has 168 valence electrons. The lowest BCUT2D eigenvalue weighted by atomic mass is 9.95. The van der Waals surface area contributed by atoms with Crippen molar-refractivity contribution in [2.24, 2.45) is 5.92 Å². The summed E-state index contributed by atoms with van der Waals surface area (Å²) in [6.45, 7) is 10.1. The van der Waals surface area contributed by atoms with Gasteiger partial charge in [0, 0.05) is 31.9 Å². The van der Waals surface area contributed by atoms with E-state index in [2.05, 4.69) is 37.2 Å². The van der Waals surface area contributed by atoms with Crippen molar-refractivity contribution < 1.29 is 13.2 Å². The second kappa shape index (κ2) is 9.27. The van der Waals surface area contributed by atoms with Crippen LogP contribution in [0.5, 0.6) is 0 Å². The molecule has 0 saturated heterocycles. The van der Waals surface area contributed by atoms with Crippen molar-refractivity contribution >= 4 is 32.5 Å². The zero-order chi connectivity index (χ0) is 22.8. The number of methoxy groups -OCH3 is 1. The highest BCUT2D eigenvalue weighted by Crippen LogP contribution is 2.31. The first-order chi connectivity index (χ1) is 14.6. The van der Waals surface area contributed by atoms with E-state index in [4.69, 9.17) is 21.3 Å². The number of sulfone groups is 1. The number of nitrogens with zero attached hydrogens (tertiary/aromatic N) is 3. The van der Waals surface area contributed by atoms with E-state index in [1.165, 1.54) is 18.3 Å². The highest BCUT2D eigenvalue weighted by molar-refractivity contribution is 7.91. The van der Waals surface area contributed by atoms with Crippen molar-refractivity contribution in [2.45, 2.75) is 62.3 Å². The van der Waals surface area contributed by atoms with Crippen molar-refractivity contribution in [2.75, 3.05) is 13.7 Å². The summed E-state index contributed by atoms with van der Waals surface area (Å²) in [6.07, 6.45) is 3.39. The maximum atomic E-state index is 13.1. The topological polar surface area (TPSA) is 74.1 Å². The quantitative estimate of drug-likeness (QED) is 0.425. The lowest BCUT2D eigenvalue weighted by molar-refractivity contribution is 0.171. The molecule has 0 radical (unpaired) electrons. The van der Waals surface area contributed by atoms with Crippen LogP contribution in [0.15, 0.2) is 46.3 Å². The zero-order valence-electron chi connectivity index (χ0n) is 18.7. The van der Waals surface area contributed by atoms with Crippen molar-refractivity contribution in [3.8, 4) is 0 Å². The Bertz CT molecular complexity index is 1170. The molecule has 1 unspecified atom stereocenters. The van der Waals surface area contributed by atoms with Crippen LogP contribution in [0.25, 0.3) is 11.0 Å². The highest BCUT2D eigenvalue weighted by atomic mass is 35.5. The van der Waals surface area contributed by atoms with E-state index in [9.17, 15) is 8.42 Å². The summed E-state index contributed by atoms with van der Waals surface area (Å²) in [4.78, 5) is 9.05. The molecule has 2 aromatic heterocycles. The molecular weight excluding hydrogens is 434 g/mol. The number of benzene rings is 1. The van der Waals surface area contributed by atoms with Gasteiger partial charge in [-0.05, 0) is 42.7 Å². The molecule has 2 heterocycles. The Morgan fingerprint density at radius 3 is 2.48 bits per heavy atom. The molecule has 0 saturated carbocycles. The number of hydrogen-bond acceptors (Lipinski definition) is 5. The van der Waals surface area contributed by atoms with Gasteiger partial charge < -0.3 is 9.30 Å². The van der Waals surface area contributed by atoms with Gasteiger partial charge in [-0.1, -0.05) is 45.7 Å². The molecule has 0 aliphatic carbocycles. The van der Waals surface area contributed by atoms with Gasteiger partial charge in [0.2, 0.25) is 9.84 Å². The third-order valence-electron chi connectivity index (χ3n) is 5.46. The third kappa shape index (κ3) is 5.10. The number of rotatable bonds is 8. The molecule has 0 amide bonds. The molecule has 6 nitrogen and oxygen atoms in total. The minimum Gasteiger partial charge on any atom is -0.385 e. The van der Waals surface area contributed by atoms with Gasteiger partial charge in [0.15, 0.2) is 0 Å². The van der Waals surface area contributed by atoms with Gasteiger partial charge in [0.25, 0.3) is 0 Å². The molecule has 0 aliphatic rings. The van der Waals surface area contributed by atoms with E-state index >= 15 is 0 Å². The van der Waals surface area contributed by atoms with Crippen molar-refractivity contribution in [1.29, 1.82) is 0 Å². The Labute approximate surface area is 189 Å². The van der Waals surface area contributed by atoms with E-state index in [0.29, 0.717) is 18.0 Å². The van der Waals surface area contributed by atoms with Crippen molar-refractivity contribution in [3.05, 3.63) is 47.5 Å². The molecule has 0 aliphatic heterocycles. The summed E-state index contributed by atoms with van der Waals surface area (Å²) in [5.41, 5.74) is 1.43. The van der Waals surface area contributed by atoms with E-state index in [-0.39, 0.29) is 20.4 Å². The summed E-state index contributed by atoms with van der Waals surface area (Å²) in [5, 5.41) is 0.142. The van der Waals surface area contributed by atoms with Crippen LogP contribution in [0.4, 0.5) is 0 Å². The first-order valence-electron chi connectivity index (χ1n) is 10.4. The van der Waals surface area contributed by atoms with Gasteiger partial charge in [-0.25, -0.2) is 18.4 Å². The standard InChI is InChI=1S/C23H30ClN3O3S/c1-6-16(10-12-30-5)15-27-20-8-7-17(13-19(20)26-22(27)23(2,3)4)31(28,29)18-9-11-25-21(24)14-18/h7-9,11,13-14,16H,6,10,12,15H2,1-5H3. The number of imidazole rings is 1. The van der Waals surface area contributed by atoms with Crippen molar-refractivity contribution in [3.63, 3.8) is 0 Å². The number of ether oxygens (including phenoxy) is 1. The van der Waals surface area contributed by atoms with Crippen LogP contribution in [-0.2, 0) is 26.5 Å². The SMILES string of the molecule is CCC(CCOC)Cn1c(C(C)(C)C)nc2cc(S(=O)(=O)c3ccnc(Cl)c3)ccc21. The molecule has 0 N–H and O–H groups in total. The summed E-state index contributed by atoms with van der Waals surface area (Å²) in [5.74, 6) is 1.39. The van der Waals surface area contributed by atoms with Gasteiger partial charge in [-0.3, -0.25) is 0 Å². The minimum absolute atomic E-state index is 0.118. The Kier molecular flexibility index (Phi) is 7.08. The molecule has 1 atom stereocenters. The van der Waals surface area contributed by atoms with Crippen LogP contribution in [0, 0.1) is 5.92 Å². The normalized spacial score (nSPS) is 13.6. The fraction of sp³-hybridized carbons (Fsp3) is 0.478. The summed E-state index contributed by atoms with van der Waals surface area (Å²) in [6, 6.07) is 7.97. The Balaban J connectivity index is 2.10. The smallest absolute Gasteiger partial charge is 0.206 e. The van der Waals surface area contributed by atoms with Crippen molar-refractivity contribution in [1.82, 2.24) is 14.5 Å². The number of fused-ring (bicyclic) bond motifs is 1. The monoisotopic (exact) mass is 463 g/mol. The lowest BCUT2D eigenvalue weighted by Crippen LogP contribution is -2.22. The van der Waals surface area contributed by atoms with Crippen LogP contribution in [0.1, 0.15) is 46.4 Å². The van der Waals surface area contributed by atoms with E-state index in [0.717, 1.165) is 30.7 Å². The van der Waals surface area contributed by atoms with E-state index in [1.54, 1.807) is 19.2 Å². The summed E-state index contributed by atoms with van der Waals surface area (Å²) >= 11 is 5.91. The Hall–Kier alpha value is -1.96. The second-order valence-corrected chi connectivity index (χ2v) is 11.2. The second-order valence-electron chi connectivity index (χ2n) is 8.82. The average Bonchev–Trinajstić information content (AvgIpc) is 3.09. The number of hydrogen-bond donors (Lipinski definition) is 0. The molecule has 0 bridgehead atoms. The highest BCUT2D eigenvalue weighted by Gasteiger charge is 2.26. The Morgan fingerprint density at radius 1 is 1.16 bits per heavy atom. The number of halogens is 1. The summed E-state index contributed by atoms with van der Waals surface area (Å²) < 4.78 is 33.8. The molecule has 0 spiro atoms. The number of aromatic nitrogens is 3. The first-order valence-corrected chi connectivity index (χ1v) is 12.3. The number of pyridine rings is 1. The van der Waals surface area contributed by atoms with Gasteiger partial charge >= 0.3 is 0 Å². The van der Waals surface area contributed by atoms with Gasteiger partial charge in [0.1, 0.15) is 11.0 Å².